The zero-order valence-electron chi connectivity index (χ0n) is 17.8. The largest absolute Gasteiger partial charge is 0.478 e. The first-order valence-corrected chi connectivity index (χ1v) is 12.2. The zero-order chi connectivity index (χ0) is 23.2. The zero-order valence-corrected chi connectivity index (χ0v) is 18.6. The Bertz CT molecular complexity index is 1390. The molecule has 172 valence electrons. The van der Waals surface area contributed by atoms with Gasteiger partial charge in [-0.3, -0.25) is 9.69 Å². The Hall–Kier alpha value is -3.37. The molecule has 0 unspecified atom stereocenters. The van der Waals surface area contributed by atoms with Crippen molar-refractivity contribution < 1.29 is 31.8 Å². The molecule has 5 rings (SSSR count). The van der Waals surface area contributed by atoms with E-state index < -0.39 is 15.8 Å². The summed E-state index contributed by atoms with van der Waals surface area (Å²) in [6.45, 7) is 0.705. The topological polar surface area (TPSA) is 112 Å². The Morgan fingerprint density at radius 3 is 2.64 bits per heavy atom. The fourth-order valence-corrected chi connectivity index (χ4v) is 5.94. The third-order valence-electron chi connectivity index (χ3n) is 5.94. The van der Waals surface area contributed by atoms with Gasteiger partial charge in [0.15, 0.2) is 9.84 Å². The van der Waals surface area contributed by atoms with Crippen molar-refractivity contribution in [3.8, 4) is 17.2 Å². The van der Waals surface area contributed by atoms with Crippen LogP contribution >= 0.6 is 0 Å². The minimum absolute atomic E-state index is 0.00346. The maximum atomic E-state index is 13.1. The average molecular weight is 471 g/mol. The van der Waals surface area contributed by atoms with Crippen LogP contribution in [0.15, 0.2) is 51.9 Å². The van der Waals surface area contributed by atoms with Crippen molar-refractivity contribution in [1.29, 1.82) is 0 Å². The molecule has 10 heteroatoms. The SMILES string of the molecule is COC(=O)c1ccc(Oc2coc3c4c(ccc3c2=O)OCN([C@H]2CCS(=O)(=O)C2)C4)cc1. The van der Waals surface area contributed by atoms with Gasteiger partial charge in [0.05, 0.1) is 35.1 Å². The van der Waals surface area contributed by atoms with Crippen molar-refractivity contribution in [1.82, 2.24) is 4.90 Å². The van der Waals surface area contributed by atoms with Gasteiger partial charge in [-0.1, -0.05) is 0 Å². The van der Waals surface area contributed by atoms with Gasteiger partial charge >= 0.3 is 5.97 Å². The van der Waals surface area contributed by atoms with Crippen LogP contribution < -0.4 is 14.9 Å². The van der Waals surface area contributed by atoms with Gasteiger partial charge in [0.25, 0.3) is 0 Å². The van der Waals surface area contributed by atoms with Crippen LogP contribution in [0.4, 0.5) is 0 Å². The number of hydrogen-bond acceptors (Lipinski definition) is 9. The monoisotopic (exact) mass is 471 g/mol. The maximum absolute atomic E-state index is 13.1. The van der Waals surface area contributed by atoms with Crippen molar-refractivity contribution in [2.45, 2.75) is 19.0 Å². The molecular formula is C23H21NO8S. The van der Waals surface area contributed by atoms with Crippen molar-refractivity contribution in [3.63, 3.8) is 0 Å². The molecule has 33 heavy (non-hydrogen) atoms. The van der Waals surface area contributed by atoms with E-state index in [9.17, 15) is 18.0 Å². The molecule has 2 aromatic carbocycles. The molecule has 1 saturated heterocycles. The molecule has 2 aliphatic rings. The number of carbonyl (C=O) groups excluding carboxylic acids is 1. The quantitative estimate of drug-likeness (QED) is 0.530. The Morgan fingerprint density at radius 2 is 1.94 bits per heavy atom. The van der Waals surface area contributed by atoms with E-state index in [4.69, 9.17) is 13.9 Å². The highest BCUT2D eigenvalue weighted by atomic mass is 32.2. The van der Waals surface area contributed by atoms with E-state index >= 15 is 0 Å². The Balaban J connectivity index is 1.43. The molecule has 0 amide bonds. The van der Waals surface area contributed by atoms with Crippen molar-refractivity contribution in [2.24, 2.45) is 0 Å². The number of nitrogens with zero attached hydrogens (tertiary/aromatic N) is 1. The van der Waals surface area contributed by atoms with E-state index in [0.717, 1.165) is 0 Å². The second kappa shape index (κ2) is 8.20. The number of benzene rings is 2. The molecule has 9 nitrogen and oxygen atoms in total. The highest BCUT2D eigenvalue weighted by Gasteiger charge is 2.35. The summed E-state index contributed by atoms with van der Waals surface area (Å²) in [5.74, 6) is 0.783. The Kier molecular flexibility index (Phi) is 5.34. The van der Waals surface area contributed by atoms with Crippen LogP contribution in [0.3, 0.4) is 0 Å². The summed E-state index contributed by atoms with van der Waals surface area (Å²) in [6, 6.07) is 9.41. The summed E-state index contributed by atoms with van der Waals surface area (Å²) in [6.07, 6.45) is 1.81. The molecule has 2 aliphatic heterocycles. The number of sulfone groups is 1. The van der Waals surface area contributed by atoms with Crippen molar-refractivity contribution in [3.05, 3.63) is 64.0 Å². The molecule has 0 N–H and O–H groups in total. The Morgan fingerprint density at radius 1 is 1.15 bits per heavy atom. The second-order valence-electron chi connectivity index (χ2n) is 8.04. The lowest BCUT2D eigenvalue weighted by Gasteiger charge is -2.33. The van der Waals surface area contributed by atoms with Crippen LogP contribution in [0.1, 0.15) is 22.3 Å². The maximum Gasteiger partial charge on any atom is 0.337 e. The minimum Gasteiger partial charge on any atom is -0.478 e. The summed E-state index contributed by atoms with van der Waals surface area (Å²) in [7, 11) is -1.73. The molecule has 1 fully saturated rings. The Labute approximate surface area is 189 Å². The summed E-state index contributed by atoms with van der Waals surface area (Å²) in [5.41, 5.74) is 1.10. The van der Waals surface area contributed by atoms with Gasteiger partial charge in [-0.25, -0.2) is 13.2 Å². The van der Waals surface area contributed by atoms with Crippen molar-refractivity contribution >= 4 is 26.8 Å². The van der Waals surface area contributed by atoms with Gasteiger partial charge in [0.1, 0.15) is 30.1 Å². The molecule has 1 aromatic heterocycles. The molecular weight excluding hydrogens is 450 g/mol. The highest BCUT2D eigenvalue weighted by molar-refractivity contribution is 7.91. The van der Waals surface area contributed by atoms with Crippen LogP contribution in [0.5, 0.6) is 17.2 Å². The first kappa shape index (κ1) is 21.5. The van der Waals surface area contributed by atoms with E-state index in [-0.39, 0.29) is 35.5 Å². The van der Waals surface area contributed by atoms with Crippen LogP contribution in [0.25, 0.3) is 11.0 Å². The lowest BCUT2D eigenvalue weighted by atomic mass is 10.1. The van der Waals surface area contributed by atoms with Crippen molar-refractivity contribution in [2.75, 3.05) is 25.3 Å². The number of methoxy groups -OCH3 is 1. The van der Waals surface area contributed by atoms with Crippen LogP contribution in [-0.2, 0) is 21.1 Å². The van der Waals surface area contributed by atoms with E-state index in [2.05, 4.69) is 4.74 Å². The van der Waals surface area contributed by atoms with Gasteiger partial charge in [-0.15, -0.1) is 0 Å². The smallest absolute Gasteiger partial charge is 0.337 e. The normalized spacial score (nSPS) is 19.6. The van der Waals surface area contributed by atoms with E-state index in [1.807, 2.05) is 4.90 Å². The first-order valence-electron chi connectivity index (χ1n) is 10.4. The molecule has 0 aliphatic carbocycles. The molecule has 3 heterocycles. The number of carbonyl (C=O) groups is 1. The molecule has 0 spiro atoms. The summed E-state index contributed by atoms with van der Waals surface area (Å²) in [4.78, 5) is 26.6. The number of ether oxygens (including phenoxy) is 3. The summed E-state index contributed by atoms with van der Waals surface area (Å²) < 4.78 is 45.7. The minimum atomic E-state index is -3.03. The van der Waals surface area contributed by atoms with Gasteiger partial charge in [-0.05, 0) is 42.8 Å². The fourth-order valence-electron chi connectivity index (χ4n) is 4.18. The van der Waals surface area contributed by atoms with E-state index in [1.54, 1.807) is 24.3 Å². The molecule has 0 radical (unpaired) electrons. The first-order chi connectivity index (χ1) is 15.8. The van der Waals surface area contributed by atoms with Gasteiger partial charge in [0, 0.05) is 12.6 Å². The number of fused-ring (bicyclic) bond motifs is 3. The number of rotatable bonds is 4. The molecule has 1 atom stereocenters. The number of esters is 1. The highest BCUT2D eigenvalue weighted by Crippen LogP contribution is 2.34. The van der Waals surface area contributed by atoms with Crippen LogP contribution in [0.2, 0.25) is 0 Å². The third-order valence-corrected chi connectivity index (χ3v) is 7.70. The van der Waals surface area contributed by atoms with Gasteiger partial charge in [0.2, 0.25) is 11.2 Å². The molecule has 0 bridgehead atoms. The average Bonchev–Trinajstić information content (AvgIpc) is 3.20. The lowest BCUT2D eigenvalue weighted by molar-refractivity contribution is 0.0600. The summed E-state index contributed by atoms with van der Waals surface area (Å²) >= 11 is 0. The molecule has 0 saturated carbocycles. The van der Waals surface area contributed by atoms with Crippen LogP contribution in [-0.4, -0.2) is 50.7 Å². The van der Waals surface area contributed by atoms with E-state index in [1.165, 1.54) is 25.5 Å². The van der Waals surface area contributed by atoms with Crippen LogP contribution in [0, 0.1) is 0 Å². The molecule has 3 aromatic rings. The van der Waals surface area contributed by atoms with Gasteiger partial charge < -0.3 is 18.6 Å². The third kappa shape index (κ3) is 4.07. The number of hydrogen-bond donors (Lipinski definition) is 0. The second-order valence-corrected chi connectivity index (χ2v) is 10.3. The predicted molar refractivity (Wildman–Crippen MR) is 118 cm³/mol. The standard InChI is InChI=1S/C23H21NO8S/c1-29-23(26)14-2-4-16(5-3-14)32-20-11-30-22-17(21(20)25)6-7-19-18(22)10-24(13-31-19)15-8-9-33(27,28)12-15/h2-7,11,15H,8-10,12-13H2,1H3/t15-/m0/s1. The van der Waals surface area contributed by atoms with Gasteiger partial charge in [-0.2, -0.15) is 0 Å². The fraction of sp³-hybridized carbons (Fsp3) is 0.304. The van der Waals surface area contributed by atoms with E-state index in [0.29, 0.717) is 46.6 Å². The predicted octanol–water partition coefficient (Wildman–Crippen LogP) is 2.71. The lowest BCUT2D eigenvalue weighted by Crippen LogP contribution is -2.41. The summed E-state index contributed by atoms with van der Waals surface area (Å²) in [5, 5.41) is 0.335.